The number of hydrogen-bond donors (Lipinski definition) is 2. The third-order valence-corrected chi connectivity index (χ3v) is 2.49. The molecule has 1 aliphatic carbocycles. The van der Waals surface area contributed by atoms with Crippen LogP contribution < -0.4 is 10.6 Å². The molecule has 1 amide bonds. The highest BCUT2D eigenvalue weighted by molar-refractivity contribution is 5.79. The lowest BCUT2D eigenvalue weighted by Crippen LogP contribution is -2.39. The third kappa shape index (κ3) is 3.35. The molecular formula is C10H20N2O. The Kier molecular flexibility index (Phi) is 3.72. The van der Waals surface area contributed by atoms with Crippen molar-refractivity contribution in [2.75, 3.05) is 13.6 Å². The second kappa shape index (κ2) is 4.61. The quantitative estimate of drug-likeness (QED) is 0.662. The van der Waals surface area contributed by atoms with Gasteiger partial charge in [0.05, 0.1) is 5.92 Å². The van der Waals surface area contributed by atoms with E-state index < -0.39 is 0 Å². The van der Waals surface area contributed by atoms with E-state index >= 15 is 0 Å². The SMILES string of the molecule is CNCC(C(=O)NC1CC1)C(C)C. The van der Waals surface area contributed by atoms with Crippen molar-refractivity contribution in [2.24, 2.45) is 11.8 Å². The van der Waals surface area contributed by atoms with Gasteiger partial charge in [0, 0.05) is 12.6 Å². The van der Waals surface area contributed by atoms with Crippen LogP contribution in [-0.4, -0.2) is 25.5 Å². The molecule has 0 aromatic carbocycles. The fourth-order valence-electron chi connectivity index (χ4n) is 1.39. The Hall–Kier alpha value is -0.570. The van der Waals surface area contributed by atoms with E-state index in [4.69, 9.17) is 0 Å². The van der Waals surface area contributed by atoms with E-state index in [1.54, 1.807) is 0 Å². The van der Waals surface area contributed by atoms with Crippen LogP contribution in [0.25, 0.3) is 0 Å². The maximum atomic E-state index is 11.7. The van der Waals surface area contributed by atoms with E-state index in [2.05, 4.69) is 24.5 Å². The zero-order valence-electron chi connectivity index (χ0n) is 8.76. The van der Waals surface area contributed by atoms with Gasteiger partial charge in [-0.3, -0.25) is 4.79 Å². The van der Waals surface area contributed by atoms with Crippen LogP contribution >= 0.6 is 0 Å². The van der Waals surface area contributed by atoms with Gasteiger partial charge >= 0.3 is 0 Å². The van der Waals surface area contributed by atoms with E-state index in [9.17, 15) is 4.79 Å². The standard InChI is InChI=1S/C10H20N2O/c1-7(2)9(6-11-3)10(13)12-8-4-5-8/h7-9,11H,4-6H2,1-3H3,(H,12,13). The first-order valence-electron chi connectivity index (χ1n) is 5.10. The van der Waals surface area contributed by atoms with Crippen molar-refractivity contribution in [3.05, 3.63) is 0 Å². The number of hydrogen-bond acceptors (Lipinski definition) is 2. The van der Waals surface area contributed by atoms with Gasteiger partial charge < -0.3 is 10.6 Å². The maximum Gasteiger partial charge on any atom is 0.224 e. The van der Waals surface area contributed by atoms with Gasteiger partial charge in [-0.1, -0.05) is 13.8 Å². The molecule has 3 nitrogen and oxygen atoms in total. The summed E-state index contributed by atoms with van der Waals surface area (Å²) in [5.41, 5.74) is 0. The van der Waals surface area contributed by atoms with Crippen LogP contribution in [0, 0.1) is 11.8 Å². The van der Waals surface area contributed by atoms with Crippen LogP contribution in [0.2, 0.25) is 0 Å². The van der Waals surface area contributed by atoms with Crippen molar-refractivity contribution in [1.29, 1.82) is 0 Å². The molecular weight excluding hydrogens is 164 g/mol. The summed E-state index contributed by atoms with van der Waals surface area (Å²) in [6.07, 6.45) is 2.33. The second-order valence-corrected chi connectivity index (χ2v) is 4.19. The summed E-state index contributed by atoms with van der Waals surface area (Å²) in [6, 6.07) is 0.477. The van der Waals surface area contributed by atoms with Gasteiger partial charge in [0.1, 0.15) is 0 Å². The third-order valence-electron chi connectivity index (χ3n) is 2.49. The van der Waals surface area contributed by atoms with E-state index in [-0.39, 0.29) is 11.8 Å². The Labute approximate surface area is 80.3 Å². The second-order valence-electron chi connectivity index (χ2n) is 4.19. The molecule has 0 spiro atoms. The van der Waals surface area contributed by atoms with Crippen LogP contribution in [0.4, 0.5) is 0 Å². The highest BCUT2D eigenvalue weighted by atomic mass is 16.2. The predicted molar refractivity (Wildman–Crippen MR) is 53.4 cm³/mol. The fourth-order valence-corrected chi connectivity index (χ4v) is 1.39. The minimum absolute atomic E-state index is 0.116. The molecule has 1 unspecified atom stereocenters. The first-order valence-corrected chi connectivity index (χ1v) is 5.10. The molecule has 0 saturated heterocycles. The zero-order valence-corrected chi connectivity index (χ0v) is 8.76. The summed E-state index contributed by atoms with van der Waals surface area (Å²) in [5.74, 6) is 0.739. The predicted octanol–water partition coefficient (Wildman–Crippen LogP) is 0.757. The summed E-state index contributed by atoms with van der Waals surface area (Å²) in [4.78, 5) is 11.7. The summed E-state index contributed by atoms with van der Waals surface area (Å²) >= 11 is 0. The van der Waals surface area contributed by atoms with Crippen molar-refractivity contribution in [3.8, 4) is 0 Å². The van der Waals surface area contributed by atoms with Crippen molar-refractivity contribution < 1.29 is 4.79 Å². The highest BCUT2D eigenvalue weighted by Crippen LogP contribution is 2.20. The Bertz CT molecular complexity index is 176. The molecule has 1 aliphatic rings. The summed E-state index contributed by atoms with van der Waals surface area (Å²) in [6.45, 7) is 4.96. The smallest absolute Gasteiger partial charge is 0.224 e. The van der Waals surface area contributed by atoms with Gasteiger partial charge in [0.15, 0.2) is 0 Å². The Balaban J connectivity index is 2.36. The normalized spacial score (nSPS) is 18.8. The van der Waals surface area contributed by atoms with Gasteiger partial charge in [-0.25, -0.2) is 0 Å². The van der Waals surface area contributed by atoms with Gasteiger partial charge in [0.25, 0.3) is 0 Å². The lowest BCUT2D eigenvalue weighted by Gasteiger charge is -2.19. The lowest BCUT2D eigenvalue weighted by atomic mass is 9.95. The highest BCUT2D eigenvalue weighted by Gasteiger charge is 2.28. The van der Waals surface area contributed by atoms with Gasteiger partial charge in [-0.2, -0.15) is 0 Å². The van der Waals surface area contributed by atoms with Crippen LogP contribution in [0.1, 0.15) is 26.7 Å². The number of carbonyl (C=O) groups is 1. The Morgan fingerprint density at radius 2 is 2.08 bits per heavy atom. The van der Waals surface area contributed by atoms with Crippen molar-refractivity contribution in [2.45, 2.75) is 32.7 Å². The molecule has 1 atom stereocenters. The number of carbonyl (C=O) groups excluding carboxylic acids is 1. The minimum atomic E-state index is 0.116. The molecule has 1 fully saturated rings. The topological polar surface area (TPSA) is 41.1 Å². The average molecular weight is 184 g/mol. The van der Waals surface area contributed by atoms with E-state index in [0.29, 0.717) is 12.0 Å². The van der Waals surface area contributed by atoms with Crippen LogP contribution in [-0.2, 0) is 4.79 Å². The average Bonchev–Trinajstić information content (AvgIpc) is 2.83. The van der Waals surface area contributed by atoms with Crippen molar-refractivity contribution >= 4 is 5.91 Å². The minimum Gasteiger partial charge on any atom is -0.353 e. The van der Waals surface area contributed by atoms with E-state index in [1.807, 2.05) is 7.05 Å². The summed E-state index contributed by atoms with van der Waals surface area (Å²) in [7, 11) is 1.89. The molecule has 76 valence electrons. The van der Waals surface area contributed by atoms with Gasteiger partial charge in [-0.05, 0) is 25.8 Å². The summed E-state index contributed by atoms with van der Waals surface area (Å²) < 4.78 is 0. The molecule has 3 heteroatoms. The molecule has 0 bridgehead atoms. The van der Waals surface area contributed by atoms with Crippen LogP contribution in [0.15, 0.2) is 0 Å². The lowest BCUT2D eigenvalue weighted by molar-refractivity contribution is -0.126. The zero-order chi connectivity index (χ0) is 9.84. The number of rotatable bonds is 5. The van der Waals surface area contributed by atoms with E-state index in [1.165, 1.54) is 0 Å². The van der Waals surface area contributed by atoms with Gasteiger partial charge in [0.2, 0.25) is 5.91 Å². The first-order chi connectivity index (χ1) is 6.15. The molecule has 13 heavy (non-hydrogen) atoms. The van der Waals surface area contributed by atoms with E-state index in [0.717, 1.165) is 19.4 Å². The largest absolute Gasteiger partial charge is 0.353 e. The number of nitrogens with one attached hydrogen (secondary N) is 2. The number of amides is 1. The molecule has 0 heterocycles. The molecule has 0 aliphatic heterocycles. The van der Waals surface area contributed by atoms with Crippen molar-refractivity contribution in [1.82, 2.24) is 10.6 Å². The molecule has 1 rings (SSSR count). The fraction of sp³-hybridized carbons (Fsp3) is 0.900. The van der Waals surface area contributed by atoms with Crippen LogP contribution in [0.3, 0.4) is 0 Å². The Morgan fingerprint density at radius 3 is 2.46 bits per heavy atom. The van der Waals surface area contributed by atoms with Gasteiger partial charge in [-0.15, -0.1) is 0 Å². The van der Waals surface area contributed by atoms with Crippen LogP contribution in [0.5, 0.6) is 0 Å². The first kappa shape index (κ1) is 10.5. The molecule has 0 aromatic heterocycles. The summed E-state index contributed by atoms with van der Waals surface area (Å²) in [5, 5.41) is 6.10. The molecule has 1 saturated carbocycles. The van der Waals surface area contributed by atoms with Crippen molar-refractivity contribution in [3.63, 3.8) is 0 Å². The monoisotopic (exact) mass is 184 g/mol. The maximum absolute atomic E-state index is 11.7. The molecule has 0 radical (unpaired) electrons. The Morgan fingerprint density at radius 1 is 1.46 bits per heavy atom. The molecule has 0 aromatic rings. The molecule has 2 N–H and O–H groups in total.